The molecule has 0 amide bonds. The van der Waals surface area contributed by atoms with E-state index >= 15 is 0 Å². The lowest BCUT2D eigenvalue weighted by atomic mass is 10.00. The molecule has 0 radical (unpaired) electrons. The van der Waals surface area contributed by atoms with E-state index in [2.05, 4.69) is 33.0 Å². The van der Waals surface area contributed by atoms with Crippen molar-refractivity contribution >= 4 is 0 Å². The summed E-state index contributed by atoms with van der Waals surface area (Å²) in [6.07, 6.45) is 4.92. The van der Waals surface area contributed by atoms with Crippen LogP contribution in [0.4, 0.5) is 0 Å². The fraction of sp³-hybridized carbons (Fsp3) is 1.00. The molecule has 0 aliphatic rings. The third kappa shape index (κ3) is 10.2. The van der Waals surface area contributed by atoms with E-state index < -0.39 is 0 Å². The van der Waals surface area contributed by atoms with Gasteiger partial charge in [-0.1, -0.05) is 34.1 Å². The zero-order valence-corrected chi connectivity index (χ0v) is 11.0. The maximum atomic E-state index is 5.54. The number of nitrogens with one attached hydrogen (secondary N) is 1. The van der Waals surface area contributed by atoms with Crippen LogP contribution >= 0.6 is 0 Å². The van der Waals surface area contributed by atoms with E-state index in [0.29, 0.717) is 6.04 Å². The molecule has 0 aromatic carbocycles. The minimum atomic E-state index is 0.598. The second-order valence-electron chi connectivity index (χ2n) is 4.62. The first-order valence-corrected chi connectivity index (χ1v) is 6.51. The van der Waals surface area contributed by atoms with Gasteiger partial charge in [-0.2, -0.15) is 0 Å². The van der Waals surface area contributed by atoms with Gasteiger partial charge in [-0.05, 0) is 31.7 Å². The molecule has 2 heteroatoms. The van der Waals surface area contributed by atoms with Crippen LogP contribution < -0.4 is 5.32 Å². The molecule has 0 fully saturated rings. The van der Waals surface area contributed by atoms with Crippen molar-refractivity contribution in [3.63, 3.8) is 0 Å². The zero-order chi connectivity index (χ0) is 11.5. The minimum absolute atomic E-state index is 0.598. The van der Waals surface area contributed by atoms with Crippen LogP contribution in [0, 0.1) is 5.92 Å². The monoisotopic (exact) mass is 215 g/mol. The Kier molecular flexibility index (Phi) is 10.4. The van der Waals surface area contributed by atoms with E-state index in [1.807, 2.05) is 0 Å². The van der Waals surface area contributed by atoms with Crippen molar-refractivity contribution in [2.45, 2.75) is 59.4 Å². The van der Waals surface area contributed by atoms with E-state index in [1.54, 1.807) is 0 Å². The Morgan fingerprint density at radius 2 is 1.73 bits per heavy atom. The Balaban J connectivity index is 3.53. The highest BCUT2D eigenvalue weighted by Gasteiger charge is 2.07. The second kappa shape index (κ2) is 10.4. The number of hydrogen-bond acceptors (Lipinski definition) is 2. The number of rotatable bonds is 10. The van der Waals surface area contributed by atoms with Crippen molar-refractivity contribution < 1.29 is 4.74 Å². The van der Waals surface area contributed by atoms with Crippen molar-refractivity contribution in [3.05, 3.63) is 0 Å². The molecule has 0 saturated carbocycles. The number of hydrogen-bond donors (Lipinski definition) is 1. The molecule has 0 aromatic heterocycles. The summed E-state index contributed by atoms with van der Waals surface area (Å²) < 4.78 is 5.54. The predicted molar refractivity (Wildman–Crippen MR) is 67.3 cm³/mol. The quantitative estimate of drug-likeness (QED) is 0.565. The van der Waals surface area contributed by atoms with E-state index in [4.69, 9.17) is 4.74 Å². The van der Waals surface area contributed by atoms with Crippen molar-refractivity contribution in [1.29, 1.82) is 0 Å². The van der Waals surface area contributed by atoms with Gasteiger partial charge in [0.05, 0.1) is 0 Å². The lowest BCUT2D eigenvalue weighted by molar-refractivity contribution is 0.118. The number of ether oxygens (including phenoxy) is 1. The van der Waals surface area contributed by atoms with Gasteiger partial charge in [0, 0.05) is 19.3 Å². The largest absolute Gasteiger partial charge is 0.381 e. The molecule has 1 N–H and O–H groups in total. The molecule has 0 heterocycles. The van der Waals surface area contributed by atoms with Gasteiger partial charge in [-0.3, -0.25) is 0 Å². The Labute approximate surface area is 95.8 Å². The molecule has 0 aliphatic carbocycles. The summed E-state index contributed by atoms with van der Waals surface area (Å²) in [4.78, 5) is 0. The van der Waals surface area contributed by atoms with Crippen molar-refractivity contribution in [3.8, 4) is 0 Å². The Hall–Kier alpha value is -0.0800. The topological polar surface area (TPSA) is 21.3 Å². The minimum Gasteiger partial charge on any atom is -0.381 e. The van der Waals surface area contributed by atoms with E-state index in [1.165, 1.54) is 19.3 Å². The van der Waals surface area contributed by atoms with Crippen molar-refractivity contribution in [2.24, 2.45) is 5.92 Å². The van der Waals surface area contributed by atoms with Crippen LogP contribution in [0.25, 0.3) is 0 Å². The Bertz CT molecular complexity index is 126. The van der Waals surface area contributed by atoms with Gasteiger partial charge in [-0.15, -0.1) is 0 Å². The average molecular weight is 215 g/mol. The molecule has 1 unspecified atom stereocenters. The molecule has 0 spiro atoms. The Morgan fingerprint density at radius 1 is 1.00 bits per heavy atom. The fourth-order valence-corrected chi connectivity index (χ4v) is 1.66. The predicted octanol–water partition coefficient (Wildman–Crippen LogP) is 3.22. The van der Waals surface area contributed by atoms with Crippen LogP contribution in [-0.2, 0) is 4.74 Å². The molecule has 0 aromatic rings. The zero-order valence-electron chi connectivity index (χ0n) is 11.0. The van der Waals surface area contributed by atoms with Gasteiger partial charge in [0.1, 0.15) is 0 Å². The second-order valence-corrected chi connectivity index (χ2v) is 4.62. The molecule has 0 aliphatic heterocycles. The lowest BCUT2D eigenvalue weighted by Gasteiger charge is -2.18. The van der Waals surface area contributed by atoms with Crippen LogP contribution in [0.3, 0.4) is 0 Å². The van der Waals surface area contributed by atoms with E-state index in [9.17, 15) is 0 Å². The maximum absolute atomic E-state index is 5.54. The first kappa shape index (κ1) is 14.9. The molecule has 2 nitrogen and oxygen atoms in total. The summed E-state index contributed by atoms with van der Waals surface area (Å²) in [6.45, 7) is 11.8. The summed E-state index contributed by atoms with van der Waals surface area (Å²) in [7, 11) is 0. The first-order valence-electron chi connectivity index (χ1n) is 6.51. The molecule has 15 heavy (non-hydrogen) atoms. The molecular weight excluding hydrogens is 186 g/mol. The summed E-state index contributed by atoms with van der Waals surface area (Å²) in [5.41, 5.74) is 0. The van der Waals surface area contributed by atoms with Gasteiger partial charge < -0.3 is 10.1 Å². The van der Waals surface area contributed by atoms with E-state index in [-0.39, 0.29) is 0 Å². The molecule has 0 rings (SSSR count). The first-order chi connectivity index (χ1) is 7.20. The smallest absolute Gasteiger partial charge is 0.0469 e. The van der Waals surface area contributed by atoms with Crippen molar-refractivity contribution in [2.75, 3.05) is 19.8 Å². The SMILES string of the molecule is CCCOCCC(CCC)CNC(C)C. The summed E-state index contributed by atoms with van der Waals surface area (Å²) in [5.74, 6) is 0.786. The fourth-order valence-electron chi connectivity index (χ4n) is 1.66. The molecule has 0 bridgehead atoms. The van der Waals surface area contributed by atoms with E-state index in [0.717, 1.165) is 32.1 Å². The summed E-state index contributed by atoms with van der Waals surface area (Å²) in [5, 5.41) is 3.52. The lowest BCUT2D eigenvalue weighted by Crippen LogP contribution is -2.29. The highest BCUT2D eigenvalue weighted by molar-refractivity contribution is 4.64. The Morgan fingerprint density at radius 3 is 2.27 bits per heavy atom. The van der Waals surface area contributed by atoms with Crippen LogP contribution in [0.15, 0.2) is 0 Å². The highest BCUT2D eigenvalue weighted by atomic mass is 16.5. The van der Waals surface area contributed by atoms with Gasteiger partial charge in [0.2, 0.25) is 0 Å². The third-order valence-corrected chi connectivity index (χ3v) is 2.53. The van der Waals surface area contributed by atoms with Crippen molar-refractivity contribution in [1.82, 2.24) is 5.32 Å². The molecular formula is C13H29NO. The van der Waals surface area contributed by atoms with Crippen LogP contribution in [0.1, 0.15) is 53.4 Å². The van der Waals surface area contributed by atoms with Gasteiger partial charge in [0.15, 0.2) is 0 Å². The molecule has 0 saturated heterocycles. The normalized spacial score (nSPS) is 13.4. The molecule has 1 atom stereocenters. The standard InChI is InChI=1S/C13H29NO/c1-5-7-13(11-14-12(3)4)8-10-15-9-6-2/h12-14H,5-11H2,1-4H3. The van der Waals surface area contributed by atoms with Crippen LogP contribution in [-0.4, -0.2) is 25.8 Å². The maximum Gasteiger partial charge on any atom is 0.0469 e. The summed E-state index contributed by atoms with van der Waals surface area (Å²) >= 11 is 0. The van der Waals surface area contributed by atoms with Gasteiger partial charge in [-0.25, -0.2) is 0 Å². The molecule has 92 valence electrons. The highest BCUT2D eigenvalue weighted by Crippen LogP contribution is 2.10. The van der Waals surface area contributed by atoms with Crippen LogP contribution in [0.2, 0.25) is 0 Å². The average Bonchev–Trinajstić information content (AvgIpc) is 2.20. The van der Waals surface area contributed by atoms with Gasteiger partial charge >= 0.3 is 0 Å². The third-order valence-electron chi connectivity index (χ3n) is 2.53. The van der Waals surface area contributed by atoms with Gasteiger partial charge in [0.25, 0.3) is 0 Å². The van der Waals surface area contributed by atoms with Crippen LogP contribution in [0.5, 0.6) is 0 Å². The summed E-state index contributed by atoms with van der Waals surface area (Å²) in [6, 6.07) is 0.598.